The first-order valence-electron chi connectivity index (χ1n) is 5.88. The predicted octanol–water partition coefficient (Wildman–Crippen LogP) is 1.79. The number of nitrogens with zero attached hydrogens (tertiary/aromatic N) is 1. The summed E-state index contributed by atoms with van der Waals surface area (Å²) in [5.74, 6) is -0.0435. The summed E-state index contributed by atoms with van der Waals surface area (Å²) in [5.41, 5.74) is 0. The molecule has 2 unspecified atom stereocenters. The second kappa shape index (κ2) is 5.71. The lowest BCUT2D eigenvalue weighted by atomic mass is 9.99. The van der Waals surface area contributed by atoms with Gasteiger partial charge >= 0.3 is 6.18 Å². The third kappa shape index (κ3) is 4.93. The van der Waals surface area contributed by atoms with Crippen LogP contribution in [-0.4, -0.2) is 42.7 Å². The second-order valence-electron chi connectivity index (χ2n) is 4.75. The molecule has 0 aromatic heterocycles. The fraction of sp³-hybridized carbons (Fsp3) is 0.909. The van der Waals surface area contributed by atoms with Crippen molar-refractivity contribution in [2.75, 3.05) is 19.6 Å². The average Bonchev–Trinajstić information content (AvgIpc) is 2.24. The molecule has 0 bridgehead atoms. The van der Waals surface area contributed by atoms with Gasteiger partial charge in [-0.1, -0.05) is 6.92 Å². The topological polar surface area (TPSA) is 32.3 Å². The lowest BCUT2D eigenvalue weighted by Crippen LogP contribution is -2.50. The summed E-state index contributed by atoms with van der Waals surface area (Å²) >= 11 is 0. The van der Waals surface area contributed by atoms with Gasteiger partial charge in [-0.25, -0.2) is 0 Å². The number of halogens is 3. The molecule has 1 aliphatic heterocycles. The van der Waals surface area contributed by atoms with E-state index in [1.54, 1.807) is 6.92 Å². The van der Waals surface area contributed by atoms with E-state index in [0.29, 0.717) is 5.92 Å². The van der Waals surface area contributed by atoms with Crippen LogP contribution in [0.5, 0.6) is 0 Å². The molecule has 1 fully saturated rings. The third-order valence-electron chi connectivity index (χ3n) is 3.08. The molecule has 0 aliphatic carbocycles. The zero-order valence-corrected chi connectivity index (χ0v) is 10.2. The number of likely N-dealkylation sites (tertiary alicyclic amines) is 1. The molecule has 0 saturated carbocycles. The van der Waals surface area contributed by atoms with Crippen molar-refractivity contribution in [3.8, 4) is 0 Å². The van der Waals surface area contributed by atoms with E-state index in [-0.39, 0.29) is 0 Å². The summed E-state index contributed by atoms with van der Waals surface area (Å²) in [4.78, 5) is 13.5. The highest BCUT2D eigenvalue weighted by Gasteiger charge is 2.30. The van der Waals surface area contributed by atoms with E-state index in [0.717, 1.165) is 25.9 Å². The molecule has 1 aliphatic rings. The monoisotopic (exact) mass is 252 g/mol. The quantitative estimate of drug-likeness (QED) is 0.830. The summed E-state index contributed by atoms with van der Waals surface area (Å²) in [7, 11) is 0. The SMILES string of the molecule is CC1CCCN(C(C)C(=O)NCC(F)(F)F)C1. The molecule has 3 nitrogen and oxygen atoms in total. The van der Waals surface area contributed by atoms with Crippen molar-refractivity contribution in [3.63, 3.8) is 0 Å². The van der Waals surface area contributed by atoms with Crippen molar-refractivity contribution in [1.29, 1.82) is 0 Å². The first-order valence-corrected chi connectivity index (χ1v) is 5.88. The maximum Gasteiger partial charge on any atom is 0.405 e. The number of carbonyl (C=O) groups is 1. The fourth-order valence-corrected chi connectivity index (χ4v) is 2.08. The highest BCUT2D eigenvalue weighted by atomic mass is 19.4. The van der Waals surface area contributed by atoms with E-state index in [1.165, 1.54) is 0 Å². The normalized spacial score (nSPS) is 24.4. The smallest absolute Gasteiger partial charge is 0.346 e. The Morgan fingerprint density at radius 2 is 2.18 bits per heavy atom. The summed E-state index contributed by atoms with van der Waals surface area (Å²) in [6.07, 6.45) is -2.23. The van der Waals surface area contributed by atoms with Crippen LogP contribution in [0, 0.1) is 5.92 Å². The van der Waals surface area contributed by atoms with E-state index in [2.05, 4.69) is 6.92 Å². The Balaban J connectivity index is 2.40. The van der Waals surface area contributed by atoms with Gasteiger partial charge in [0.15, 0.2) is 0 Å². The van der Waals surface area contributed by atoms with Gasteiger partial charge in [-0.3, -0.25) is 9.69 Å². The third-order valence-corrected chi connectivity index (χ3v) is 3.08. The first kappa shape index (κ1) is 14.3. The molecule has 1 saturated heterocycles. The largest absolute Gasteiger partial charge is 0.405 e. The number of amides is 1. The molecular formula is C11H19F3N2O. The molecular weight excluding hydrogens is 233 g/mol. The Bertz CT molecular complexity index is 268. The molecule has 2 atom stereocenters. The second-order valence-corrected chi connectivity index (χ2v) is 4.75. The Labute approximate surface area is 99.4 Å². The number of alkyl halides is 3. The van der Waals surface area contributed by atoms with E-state index in [1.807, 2.05) is 10.2 Å². The van der Waals surface area contributed by atoms with Gasteiger partial charge in [0.05, 0.1) is 6.04 Å². The molecule has 17 heavy (non-hydrogen) atoms. The molecule has 0 aromatic carbocycles. The average molecular weight is 252 g/mol. The molecule has 0 radical (unpaired) electrons. The minimum Gasteiger partial charge on any atom is -0.346 e. The Hall–Kier alpha value is -0.780. The highest BCUT2D eigenvalue weighted by Crippen LogP contribution is 2.18. The van der Waals surface area contributed by atoms with E-state index >= 15 is 0 Å². The zero-order valence-electron chi connectivity index (χ0n) is 10.2. The maximum absolute atomic E-state index is 12.0. The van der Waals surface area contributed by atoms with Gasteiger partial charge in [-0.2, -0.15) is 13.2 Å². The number of hydrogen-bond donors (Lipinski definition) is 1. The van der Waals surface area contributed by atoms with Crippen molar-refractivity contribution in [2.45, 2.75) is 38.9 Å². The Morgan fingerprint density at radius 1 is 1.53 bits per heavy atom. The number of carbonyl (C=O) groups excluding carboxylic acids is 1. The van der Waals surface area contributed by atoms with Crippen LogP contribution < -0.4 is 5.32 Å². The molecule has 0 aromatic rings. The number of hydrogen-bond acceptors (Lipinski definition) is 2. The zero-order chi connectivity index (χ0) is 13.1. The van der Waals surface area contributed by atoms with Crippen molar-refractivity contribution < 1.29 is 18.0 Å². The van der Waals surface area contributed by atoms with Crippen LogP contribution in [0.3, 0.4) is 0 Å². The minimum absolute atomic E-state index is 0.486. The number of rotatable bonds is 3. The fourth-order valence-electron chi connectivity index (χ4n) is 2.08. The van der Waals surface area contributed by atoms with Gasteiger partial charge in [0, 0.05) is 6.54 Å². The van der Waals surface area contributed by atoms with Crippen LogP contribution in [0.2, 0.25) is 0 Å². The van der Waals surface area contributed by atoms with E-state index < -0.39 is 24.7 Å². The molecule has 100 valence electrons. The van der Waals surface area contributed by atoms with Gasteiger partial charge in [0.2, 0.25) is 5.91 Å². The number of nitrogens with one attached hydrogen (secondary N) is 1. The Morgan fingerprint density at radius 3 is 2.71 bits per heavy atom. The van der Waals surface area contributed by atoms with Gasteiger partial charge in [-0.15, -0.1) is 0 Å². The van der Waals surface area contributed by atoms with Crippen LogP contribution >= 0.6 is 0 Å². The van der Waals surface area contributed by atoms with Crippen molar-refractivity contribution in [3.05, 3.63) is 0 Å². The van der Waals surface area contributed by atoms with E-state index in [4.69, 9.17) is 0 Å². The van der Waals surface area contributed by atoms with Crippen molar-refractivity contribution in [2.24, 2.45) is 5.92 Å². The number of piperidine rings is 1. The maximum atomic E-state index is 12.0. The summed E-state index contributed by atoms with van der Waals surface area (Å²) in [6.45, 7) is 4.06. The summed E-state index contributed by atoms with van der Waals surface area (Å²) in [6, 6.07) is -0.486. The van der Waals surface area contributed by atoms with Gasteiger partial charge in [-0.05, 0) is 32.2 Å². The van der Waals surface area contributed by atoms with Gasteiger partial charge in [0.1, 0.15) is 6.54 Å². The molecule has 1 rings (SSSR count). The Kier molecular flexibility index (Phi) is 4.80. The molecule has 0 spiro atoms. The standard InChI is InChI=1S/C11H19F3N2O/c1-8-4-3-5-16(6-8)9(2)10(17)15-7-11(12,13)14/h8-9H,3-7H2,1-2H3,(H,15,17). The first-order chi connectivity index (χ1) is 7.79. The summed E-state index contributed by atoms with van der Waals surface area (Å²) in [5, 5.41) is 1.93. The molecule has 6 heteroatoms. The molecule has 1 amide bonds. The minimum atomic E-state index is -4.34. The van der Waals surface area contributed by atoms with Gasteiger partial charge in [0.25, 0.3) is 0 Å². The molecule has 1 heterocycles. The van der Waals surface area contributed by atoms with Crippen LogP contribution in [0.15, 0.2) is 0 Å². The van der Waals surface area contributed by atoms with E-state index in [9.17, 15) is 18.0 Å². The highest BCUT2D eigenvalue weighted by molar-refractivity contribution is 5.81. The lowest BCUT2D eigenvalue weighted by molar-refractivity contribution is -0.141. The van der Waals surface area contributed by atoms with Crippen LogP contribution in [0.4, 0.5) is 13.2 Å². The van der Waals surface area contributed by atoms with Crippen LogP contribution in [-0.2, 0) is 4.79 Å². The summed E-state index contributed by atoms with van der Waals surface area (Å²) < 4.78 is 35.9. The molecule has 1 N–H and O–H groups in total. The predicted molar refractivity (Wildman–Crippen MR) is 58.5 cm³/mol. The van der Waals surface area contributed by atoms with Gasteiger partial charge < -0.3 is 5.32 Å². The van der Waals surface area contributed by atoms with Crippen molar-refractivity contribution in [1.82, 2.24) is 10.2 Å². The van der Waals surface area contributed by atoms with Crippen LogP contribution in [0.1, 0.15) is 26.7 Å². The van der Waals surface area contributed by atoms with Crippen molar-refractivity contribution >= 4 is 5.91 Å². The van der Waals surface area contributed by atoms with Crippen LogP contribution in [0.25, 0.3) is 0 Å². The lowest BCUT2D eigenvalue weighted by Gasteiger charge is -2.34.